The van der Waals surface area contributed by atoms with Gasteiger partial charge in [0.25, 0.3) is 0 Å². The molecular formula is C13H12N4O2. The Morgan fingerprint density at radius 2 is 2.37 bits per heavy atom. The molecule has 1 saturated heterocycles. The maximum Gasteiger partial charge on any atom is 0.227 e. The highest BCUT2D eigenvalue weighted by Crippen LogP contribution is 2.26. The first-order valence-electron chi connectivity index (χ1n) is 5.74. The lowest BCUT2D eigenvalue weighted by Crippen LogP contribution is -2.27. The van der Waals surface area contributed by atoms with Gasteiger partial charge >= 0.3 is 0 Å². The van der Waals surface area contributed by atoms with Crippen molar-refractivity contribution in [3.8, 4) is 6.07 Å². The predicted molar refractivity (Wildman–Crippen MR) is 66.8 cm³/mol. The van der Waals surface area contributed by atoms with Crippen LogP contribution in [0.15, 0.2) is 30.5 Å². The average Bonchev–Trinajstić information content (AvgIpc) is 2.79. The van der Waals surface area contributed by atoms with Gasteiger partial charge in [0, 0.05) is 25.2 Å². The second-order valence-corrected chi connectivity index (χ2v) is 4.18. The largest absolute Gasteiger partial charge is 0.369 e. The normalized spacial score (nSPS) is 19.3. The van der Waals surface area contributed by atoms with Crippen LogP contribution in [0.1, 0.15) is 12.1 Å². The number of primary amides is 1. The number of nitriles is 1. The summed E-state index contributed by atoms with van der Waals surface area (Å²) in [7, 11) is 0. The highest BCUT2D eigenvalue weighted by Gasteiger charge is 2.35. The highest BCUT2D eigenvalue weighted by atomic mass is 16.2. The highest BCUT2D eigenvalue weighted by molar-refractivity contribution is 5.94. The van der Waals surface area contributed by atoms with Crippen molar-refractivity contribution >= 4 is 17.5 Å². The third-order valence-corrected chi connectivity index (χ3v) is 2.95. The number of carbonyl (C=O) groups excluding carboxylic acids is 2. The van der Waals surface area contributed by atoms with E-state index in [0.717, 1.165) is 0 Å². The average molecular weight is 256 g/mol. The number of aromatic nitrogens is 1. The third kappa shape index (κ3) is 2.60. The van der Waals surface area contributed by atoms with Crippen molar-refractivity contribution in [1.29, 1.82) is 5.26 Å². The molecule has 19 heavy (non-hydrogen) atoms. The quantitative estimate of drug-likeness (QED) is 0.785. The summed E-state index contributed by atoms with van der Waals surface area (Å²) in [6.45, 7) is 0.193. The molecule has 0 aliphatic carbocycles. The van der Waals surface area contributed by atoms with Gasteiger partial charge in [-0.3, -0.25) is 14.6 Å². The van der Waals surface area contributed by atoms with E-state index in [0.29, 0.717) is 11.4 Å². The van der Waals surface area contributed by atoms with Crippen molar-refractivity contribution in [2.45, 2.75) is 6.42 Å². The van der Waals surface area contributed by atoms with E-state index in [9.17, 15) is 9.59 Å². The van der Waals surface area contributed by atoms with Crippen LogP contribution >= 0.6 is 0 Å². The molecule has 0 bridgehead atoms. The Morgan fingerprint density at radius 1 is 1.58 bits per heavy atom. The second kappa shape index (κ2) is 5.31. The number of allylic oxidation sites excluding steroid dienone is 1. The van der Waals surface area contributed by atoms with Crippen LogP contribution in [0.5, 0.6) is 0 Å². The molecular weight excluding hydrogens is 244 g/mol. The third-order valence-electron chi connectivity index (χ3n) is 2.95. The maximum atomic E-state index is 11.9. The molecule has 0 spiro atoms. The Kier molecular flexibility index (Phi) is 3.57. The van der Waals surface area contributed by atoms with Gasteiger partial charge in [0.15, 0.2) is 0 Å². The number of rotatable bonds is 3. The lowest BCUT2D eigenvalue weighted by Gasteiger charge is -2.18. The molecule has 0 radical (unpaired) electrons. The lowest BCUT2D eigenvalue weighted by atomic mass is 10.1. The van der Waals surface area contributed by atoms with Crippen molar-refractivity contribution in [3.63, 3.8) is 0 Å². The fourth-order valence-corrected chi connectivity index (χ4v) is 2.00. The molecule has 6 nitrogen and oxygen atoms in total. The minimum absolute atomic E-state index is 0.0743. The Morgan fingerprint density at radius 3 is 2.89 bits per heavy atom. The van der Waals surface area contributed by atoms with Gasteiger partial charge in [0.2, 0.25) is 11.8 Å². The lowest BCUT2D eigenvalue weighted by molar-refractivity contribution is -0.126. The number of hydrogen-bond donors (Lipinski definition) is 1. The summed E-state index contributed by atoms with van der Waals surface area (Å²) in [4.78, 5) is 28.6. The van der Waals surface area contributed by atoms with Gasteiger partial charge in [-0.05, 0) is 12.1 Å². The summed E-state index contributed by atoms with van der Waals surface area (Å²) in [6.07, 6.45) is 2.90. The Balaban J connectivity index is 2.33. The zero-order valence-corrected chi connectivity index (χ0v) is 10.1. The van der Waals surface area contributed by atoms with Crippen LogP contribution in [0.25, 0.3) is 5.70 Å². The van der Waals surface area contributed by atoms with Crippen LogP contribution in [-0.2, 0) is 9.59 Å². The number of pyridine rings is 1. The summed E-state index contributed by atoms with van der Waals surface area (Å²) < 4.78 is 0. The minimum atomic E-state index is -0.515. The molecule has 6 heteroatoms. The van der Waals surface area contributed by atoms with Crippen LogP contribution in [0.3, 0.4) is 0 Å². The van der Waals surface area contributed by atoms with E-state index < -0.39 is 11.8 Å². The molecule has 0 saturated carbocycles. The van der Waals surface area contributed by atoms with Gasteiger partial charge in [-0.15, -0.1) is 0 Å². The van der Waals surface area contributed by atoms with Crippen molar-refractivity contribution in [2.75, 3.05) is 6.54 Å². The van der Waals surface area contributed by atoms with E-state index in [1.54, 1.807) is 24.4 Å². The van der Waals surface area contributed by atoms with Crippen LogP contribution in [0.4, 0.5) is 0 Å². The summed E-state index contributed by atoms with van der Waals surface area (Å²) in [5.74, 6) is -1.25. The zero-order chi connectivity index (χ0) is 13.8. The zero-order valence-electron chi connectivity index (χ0n) is 10.1. The molecule has 1 aliphatic rings. The van der Waals surface area contributed by atoms with Crippen molar-refractivity contribution in [2.24, 2.45) is 11.7 Å². The minimum Gasteiger partial charge on any atom is -0.369 e. The van der Waals surface area contributed by atoms with Crippen LogP contribution < -0.4 is 5.73 Å². The number of likely N-dealkylation sites (tertiary alicyclic amines) is 1. The molecule has 2 amide bonds. The van der Waals surface area contributed by atoms with Gasteiger partial charge < -0.3 is 10.6 Å². The van der Waals surface area contributed by atoms with Gasteiger partial charge in [0.1, 0.15) is 0 Å². The molecule has 1 atom stereocenters. The molecule has 0 aromatic carbocycles. The van der Waals surface area contributed by atoms with E-state index in [1.165, 1.54) is 11.0 Å². The number of amides is 2. The van der Waals surface area contributed by atoms with Gasteiger partial charge in [-0.1, -0.05) is 6.07 Å². The molecule has 2 heterocycles. The Bertz CT molecular complexity index is 574. The van der Waals surface area contributed by atoms with E-state index in [2.05, 4.69) is 4.98 Å². The second-order valence-electron chi connectivity index (χ2n) is 4.18. The van der Waals surface area contributed by atoms with E-state index in [1.807, 2.05) is 6.07 Å². The number of carbonyl (C=O) groups is 2. The number of nitrogens with two attached hydrogens (primary N) is 1. The van der Waals surface area contributed by atoms with Gasteiger partial charge in [0.05, 0.1) is 23.4 Å². The monoisotopic (exact) mass is 256 g/mol. The van der Waals surface area contributed by atoms with Crippen molar-refractivity contribution in [1.82, 2.24) is 9.88 Å². The Labute approximate surface area is 110 Å². The SMILES string of the molecule is N#CC=C(c1ccccn1)N1CC(C(N)=O)CC1=O. The summed E-state index contributed by atoms with van der Waals surface area (Å²) in [5, 5.41) is 8.84. The summed E-state index contributed by atoms with van der Waals surface area (Å²) in [6, 6.07) is 7.10. The van der Waals surface area contributed by atoms with Crippen LogP contribution in [0, 0.1) is 17.2 Å². The topological polar surface area (TPSA) is 100 Å². The molecule has 1 unspecified atom stereocenters. The molecule has 1 fully saturated rings. The maximum absolute atomic E-state index is 11.9. The van der Waals surface area contributed by atoms with E-state index in [-0.39, 0.29) is 18.9 Å². The molecule has 2 N–H and O–H groups in total. The first-order chi connectivity index (χ1) is 9.13. The molecule has 96 valence electrons. The molecule has 2 rings (SSSR count). The summed E-state index contributed by atoms with van der Waals surface area (Å²) in [5.41, 5.74) is 6.13. The van der Waals surface area contributed by atoms with Crippen LogP contribution in [-0.4, -0.2) is 28.2 Å². The first kappa shape index (κ1) is 12.8. The number of hydrogen-bond acceptors (Lipinski definition) is 4. The smallest absolute Gasteiger partial charge is 0.227 e. The van der Waals surface area contributed by atoms with E-state index >= 15 is 0 Å². The van der Waals surface area contributed by atoms with Gasteiger partial charge in [-0.2, -0.15) is 5.26 Å². The summed E-state index contributed by atoms with van der Waals surface area (Å²) >= 11 is 0. The molecule has 1 aromatic rings. The van der Waals surface area contributed by atoms with Gasteiger partial charge in [-0.25, -0.2) is 0 Å². The first-order valence-corrected chi connectivity index (χ1v) is 5.74. The fraction of sp³-hybridized carbons (Fsp3) is 0.231. The molecule has 1 aliphatic heterocycles. The van der Waals surface area contributed by atoms with E-state index in [4.69, 9.17) is 11.0 Å². The van der Waals surface area contributed by atoms with Crippen LogP contribution in [0.2, 0.25) is 0 Å². The predicted octanol–water partition coefficient (Wildman–Crippen LogP) is 0.280. The van der Waals surface area contributed by atoms with Crippen molar-refractivity contribution in [3.05, 3.63) is 36.2 Å². The standard InChI is InChI=1S/C13H12N4O2/c14-5-4-11(10-3-1-2-6-16-10)17-8-9(13(15)19)7-12(17)18/h1-4,6,9H,7-8H2,(H2,15,19). The number of nitrogens with zero attached hydrogens (tertiary/aromatic N) is 3. The Hall–Kier alpha value is -2.68. The molecule has 1 aromatic heterocycles. The fourth-order valence-electron chi connectivity index (χ4n) is 2.00. The van der Waals surface area contributed by atoms with Crippen molar-refractivity contribution < 1.29 is 9.59 Å².